The Bertz CT molecular complexity index is 2810. The molecule has 9 aromatic rings. The van der Waals surface area contributed by atoms with Gasteiger partial charge in [-0.1, -0.05) is 166 Å². The summed E-state index contributed by atoms with van der Waals surface area (Å²) in [5, 5.41) is 7.68. The van der Waals surface area contributed by atoms with Crippen molar-refractivity contribution >= 4 is 49.4 Å². The Balaban J connectivity index is 1.18. The molecule has 9 aromatic carbocycles. The highest BCUT2D eigenvalue weighted by Crippen LogP contribution is 2.54. The molecule has 0 bridgehead atoms. The smallest absolute Gasteiger partial charge is 0.0543 e. The lowest BCUT2D eigenvalue weighted by Gasteiger charge is -2.29. The number of fused-ring (bicyclic) bond motifs is 8. The minimum atomic E-state index is -0.0926. The largest absolute Gasteiger partial charge is 0.310 e. The monoisotopic (exact) mass is 663 g/mol. The summed E-state index contributed by atoms with van der Waals surface area (Å²) in [7, 11) is 0. The number of benzene rings is 9. The van der Waals surface area contributed by atoms with Gasteiger partial charge in [0.25, 0.3) is 0 Å². The van der Waals surface area contributed by atoms with Gasteiger partial charge in [0, 0.05) is 22.4 Å². The van der Waals surface area contributed by atoms with Gasteiger partial charge in [-0.3, -0.25) is 0 Å². The van der Waals surface area contributed by atoms with Gasteiger partial charge in [-0.15, -0.1) is 0 Å². The van der Waals surface area contributed by atoms with Crippen molar-refractivity contribution < 1.29 is 0 Å². The van der Waals surface area contributed by atoms with Crippen molar-refractivity contribution in [1.82, 2.24) is 0 Å². The first-order valence-corrected chi connectivity index (χ1v) is 18.2. The van der Waals surface area contributed by atoms with Crippen LogP contribution < -0.4 is 4.90 Å². The SMILES string of the molecule is CC1(C)c2ccccc2-c2c(N(c3ccc(-c4cc5c6ccccc6ccc5c5ccccc45)cc3)c3cccc(-c4ccccc4)c3)cccc21. The molecule has 1 heteroatoms. The molecular weight excluding hydrogens is 627 g/mol. The summed E-state index contributed by atoms with van der Waals surface area (Å²) in [5.41, 5.74) is 13.6. The predicted octanol–water partition coefficient (Wildman–Crippen LogP) is 14.3. The molecule has 0 N–H and O–H groups in total. The number of nitrogens with zero attached hydrogens (tertiary/aromatic N) is 1. The van der Waals surface area contributed by atoms with Crippen molar-refractivity contribution in [3.05, 3.63) is 199 Å². The van der Waals surface area contributed by atoms with E-state index in [4.69, 9.17) is 0 Å². The highest BCUT2D eigenvalue weighted by molar-refractivity contribution is 6.21. The minimum absolute atomic E-state index is 0.0926. The standard InChI is InChI=1S/C51H37N/c1-51(2)47-23-11-10-22-44(47)50-48(51)24-13-25-49(50)52(39-18-12-17-37(32-39)34-14-4-3-5-15-34)38-29-26-36(27-30-38)45-33-46-40-19-7-6-16-35(40)28-31-43(46)41-20-8-9-21-42(41)45/h3-33H,1-2H3. The first kappa shape index (κ1) is 30.4. The van der Waals surface area contributed by atoms with E-state index in [0.717, 1.165) is 11.4 Å². The molecule has 0 aliphatic heterocycles. The van der Waals surface area contributed by atoms with Gasteiger partial charge in [0.15, 0.2) is 0 Å². The van der Waals surface area contributed by atoms with Gasteiger partial charge in [-0.05, 0) is 108 Å². The predicted molar refractivity (Wildman–Crippen MR) is 222 cm³/mol. The van der Waals surface area contributed by atoms with Gasteiger partial charge in [-0.25, -0.2) is 0 Å². The van der Waals surface area contributed by atoms with Crippen molar-refractivity contribution in [2.75, 3.05) is 4.90 Å². The van der Waals surface area contributed by atoms with Crippen LogP contribution in [-0.2, 0) is 5.41 Å². The quantitative estimate of drug-likeness (QED) is 0.166. The second-order valence-electron chi connectivity index (χ2n) is 14.5. The third-order valence-corrected chi connectivity index (χ3v) is 11.2. The van der Waals surface area contributed by atoms with E-state index in [-0.39, 0.29) is 5.41 Å². The summed E-state index contributed by atoms with van der Waals surface area (Å²) in [6, 6.07) is 69.2. The fraction of sp³-hybridized carbons (Fsp3) is 0.0588. The summed E-state index contributed by atoms with van der Waals surface area (Å²) in [5.74, 6) is 0. The first-order valence-electron chi connectivity index (χ1n) is 18.2. The molecule has 0 unspecified atom stereocenters. The summed E-state index contributed by atoms with van der Waals surface area (Å²) in [4.78, 5) is 2.46. The van der Waals surface area contributed by atoms with Crippen molar-refractivity contribution in [3.63, 3.8) is 0 Å². The second-order valence-corrected chi connectivity index (χ2v) is 14.5. The molecule has 0 radical (unpaired) electrons. The van der Waals surface area contributed by atoms with E-state index in [2.05, 4.69) is 207 Å². The average molecular weight is 664 g/mol. The topological polar surface area (TPSA) is 3.24 Å². The lowest BCUT2D eigenvalue weighted by atomic mass is 9.82. The number of hydrogen-bond acceptors (Lipinski definition) is 1. The fourth-order valence-corrected chi connectivity index (χ4v) is 8.69. The molecule has 1 aliphatic rings. The zero-order valence-corrected chi connectivity index (χ0v) is 29.3. The molecule has 246 valence electrons. The van der Waals surface area contributed by atoms with Gasteiger partial charge < -0.3 is 4.90 Å². The van der Waals surface area contributed by atoms with E-state index >= 15 is 0 Å². The van der Waals surface area contributed by atoms with E-state index in [0.29, 0.717) is 0 Å². The van der Waals surface area contributed by atoms with E-state index < -0.39 is 0 Å². The van der Waals surface area contributed by atoms with Crippen LogP contribution in [0.1, 0.15) is 25.0 Å². The van der Waals surface area contributed by atoms with Crippen LogP contribution in [0.3, 0.4) is 0 Å². The van der Waals surface area contributed by atoms with Gasteiger partial charge >= 0.3 is 0 Å². The number of hydrogen-bond donors (Lipinski definition) is 0. The van der Waals surface area contributed by atoms with Gasteiger partial charge in [0.1, 0.15) is 0 Å². The summed E-state index contributed by atoms with van der Waals surface area (Å²) in [6.07, 6.45) is 0. The average Bonchev–Trinajstić information content (AvgIpc) is 3.45. The van der Waals surface area contributed by atoms with Crippen molar-refractivity contribution in [2.45, 2.75) is 19.3 Å². The Morgan fingerprint density at radius 3 is 1.87 bits per heavy atom. The molecule has 0 saturated heterocycles. The Hall–Kier alpha value is -6.44. The Morgan fingerprint density at radius 1 is 0.365 bits per heavy atom. The Morgan fingerprint density at radius 2 is 1.02 bits per heavy atom. The second kappa shape index (κ2) is 11.8. The maximum Gasteiger partial charge on any atom is 0.0543 e. The summed E-state index contributed by atoms with van der Waals surface area (Å²) >= 11 is 0. The van der Waals surface area contributed by atoms with Crippen molar-refractivity contribution in [2.24, 2.45) is 0 Å². The Kier molecular flexibility index (Phi) is 6.91. The zero-order valence-electron chi connectivity index (χ0n) is 29.3. The number of rotatable bonds is 5. The van der Waals surface area contributed by atoms with Crippen LogP contribution in [0.5, 0.6) is 0 Å². The van der Waals surface area contributed by atoms with E-state index in [1.54, 1.807) is 0 Å². The fourth-order valence-electron chi connectivity index (χ4n) is 8.69. The van der Waals surface area contributed by atoms with E-state index in [1.165, 1.54) is 82.5 Å². The summed E-state index contributed by atoms with van der Waals surface area (Å²) in [6.45, 7) is 4.71. The maximum atomic E-state index is 2.46. The van der Waals surface area contributed by atoms with E-state index in [9.17, 15) is 0 Å². The minimum Gasteiger partial charge on any atom is -0.310 e. The third kappa shape index (κ3) is 4.70. The van der Waals surface area contributed by atoms with Crippen LogP contribution in [0.25, 0.3) is 65.7 Å². The molecule has 0 aromatic heterocycles. The van der Waals surface area contributed by atoms with Crippen LogP contribution in [0.2, 0.25) is 0 Å². The van der Waals surface area contributed by atoms with Crippen molar-refractivity contribution in [3.8, 4) is 33.4 Å². The molecule has 10 rings (SSSR count). The van der Waals surface area contributed by atoms with E-state index in [1.807, 2.05) is 0 Å². The number of anilines is 3. The molecule has 0 spiro atoms. The van der Waals surface area contributed by atoms with Crippen LogP contribution in [0.15, 0.2) is 188 Å². The molecule has 1 nitrogen and oxygen atoms in total. The molecule has 0 fully saturated rings. The van der Waals surface area contributed by atoms with Crippen LogP contribution in [0, 0.1) is 0 Å². The van der Waals surface area contributed by atoms with Crippen molar-refractivity contribution in [1.29, 1.82) is 0 Å². The normalized spacial score (nSPS) is 13.0. The Labute approximate surface area is 305 Å². The molecule has 0 amide bonds. The molecule has 0 saturated carbocycles. The van der Waals surface area contributed by atoms with Crippen LogP contribution >= 0.6 is 0 Å². The van der Waals surface area contributed by atoms with Crippen LogP contribution in [-0.4, -0.2) is 0 Å². The van der Waals surface area contributed by atoms with Crippen LogP contribution in [0.4, 0.5) is 17.1 Å². The molecule has 52 heavy (non-hydrogen) atoms. The highest BCUT2D eigenvalue weighted by Gasteiger charge is 2.37. The lowest BCUT2D eigenvalue weighted by Crippen LogP contribution is -2.16. The maximum absolute atomic E-state index is 2.46. The molecular formula is C51H37N. The highest BCUT2D eigenvalue weighted by atomic mass is 15.1. The molecule has 1 aliphatic carbocycles. The lowest BCUT2D eigenvalue weighted by molar-refractivity contribution is 0.660. The third-order valence-electron chi connectivity index (χ3n) is 11.2. The molecule has 0 heterocycles. The zero-order chi connectivity index (χ0) is 34.8. The summed E-state index contributed by atoms with van der Waals surface area (Å²) < 4.78 is 0. The first-order chi connectivity index (χ1) is 25.6. The van der Waals surface area contributed by atoms with Gasteiger partial charge in [0.05, 0.1) is 5.69 Å². The molecule has 0 atom stereocenters. The van der Waals surface area contributed by atoms with Gasteiger partial charge in [0.2, 0.25) is 0 Å². The van der Waals surface area contributed by atoms with Gasteiger partial charge in [-0.2, -0.15) is 0 Å².